The molecule has 0 aromatic carbocycles. The van der Waals surface area contributed by atoms with Crippen molar-refractivity contribution in [3.05, 3.63) is 0 Å². The Bertz CT molecular complexity index is 172. The van der Waals surface area contributed by atoms with E-state index in [1.54, 1.807) is 0 Å². The summed E-state index contributed by atoms with van der Waals surface area (Å²) in [4.78, 5) is 0. The van der Waals surface area contributed by atoms with Gasteiger partial charge in [0.25, 0.3) is 0 Å². The molecule has 4 unspecified atom stereocenters. The minimum absolute atomic E-state index is 0.780. The summed E-state index contributed by atoms with van der Waals surface area (Å²) >= 11 is 1.97. The first-order valence-electron chi connectivity index (χ1n) is 6.41. The van der Waals surface area contributed by atoms with Crippen LogP contribution in [-0.4, -0.2) is 24.1 Å². The monoisotopic (exact) mass is 229 g/mol. The van der Waals surface area contributed by atoms with Gasteiger partial charge in [0.2, 0.25) is 0 Å². The molecule has 0 spiro atoms. The first kappa shape index (κ1) is 13.4. The van der Waals surface area contributed by atoms with Gasteiger partial charge in [0.05, 0.1) is 0 Å². The fourth-order valence-electron chi connectivity index (χ4n) is 2.46. The zero-order valence-corrected chi connectivity index (χ0v) is 11.6. The molecule has 1 fully saturated rings. The molecule has 1 nitrogen and oxygen atoms in total. The van der Waals surface area contributed by atoms with Gasteiger partial charge in [-0.3, -0.25) is 0 Å². The van der Waals surface area contributed by atoms with Crippen molar-refractivity contribution in [1.29, 1.82) is 0 Å². The van der Waals surface area contributed by atoms with Gasteiger partial charge in [0.1, 0.15) is 0 Å². The molecule has 0 radical (unpaired) electrons. The molecule has 1 aliphatic carbocycles. The van der Waals surface area contributed by atoms with Gasteiger partial charge in [-0.15, -0.1) is 0 Å². The van der Waals surface area contributed by atoms with Crippen molar-refractivity contribution in [3.8, 4) is 0 Å². The molecule has 0 bridgehead atoms. The van der Waals surface area contributed by atoms with Crippen LogP contribution >= 0.6 is 11.8 Å². The lowest BCUT2D eigenvalue weighted by molar-refractivity contribution is 0.207. The van der Waals surface area contributed by atoms with Crippen molar-refractivity contribution in [1.82, 2.24) is 5.32 Å². The van der Waals surface area contributed by atoms with Crippen LogP contribution in [0, 0.1) is 11.8 Å². The summed E-state index contributed by atoms with van der Waals surface area (Å²) in [5, 5.41) is 4.55. The third-order valence-corrected chi connectivity index (χ3v) is 5.11. The Morgan fingerprint density at radius 3 is 2.73 bits per heavy atom. The molecule has 1 rings (SSSR count). The van der Waals surface area contributed by atoms with E-state index in [9.17, 15) is 0 Å². The number of nitrogens with one attached hydrogen (secondary N) is 1. The molecule has 90 valence electrons. The van der Waals surface area contributed by atoms with Crippen LogP contribution in [0.4, 0.5) is 0 Å². The predicted octanol–water partition coefficient (Wildman–Crippen LogP) is 3.54. The smallest absolute Gasteiger partial charge is 0.00952 e. The third kappa shape index (κ3) is 4.36. The van der Waals surface area contributed by atoms with E-state index in [1.807, 2.05) is 11.8 Å². The van der Waals surface area contributed by atoms with Crippen LogP contribution in [0.3, 0.4) is 0 Å². The molecule has 0 aromatic rings. The summed E-state index contributed by atoms with van der Waals surface area (Å²) in [6, 6.07) is 0.780. The Kier molecular flexibility index (Phi) is 6.06. The topological polar surface area (TPSA) is 12.0 Å². The van der Waals surface area contributed by atoms with Crippen LogP contribution in [0.5, 0.6) is 0 Å². The van der Waals surface area contributed by atoms with Crippen LogP contribution in [0.2, 0.25) is 0 Å². The van der Waals surface area contributed by atoms with E-state index in [0.717, 1.165) is 23.1 Å². The molecule has 0 amide bonds. The summed E-state index contributed by atoms with van der Waals surface area (Å²) in [5.74, 6) is 1.78. The van der Waals surface area contributed by atoms with Crippen molar-refractivity contribution < 1.29 is 0 Å². The zero-order chi connectivity index (χ0) is 11.3. The molecule has 1 saturated carbocycles. The van der Waals surface area contributed by atoms with Crippen molar-refractivity contribution in [3.63, 3.8) is 0 Å². The average molecular weight is 229 g/mol. The lowest BCUT2D eigenvalue weighted by Crippen LogP contribution is -2.41. The fraction of sp³-hybridized carbons (Fsp3) is 1.00. The summed E-state index contributed by atoms with van der Waals surface area (Å²) in [5.41, 5.74) is 0. The largest absolute Gasteiger partial charge is 0.314 e. The van der Waals surface area contributed by atoms with Gasteiger partial charge in [0, 0.05) is 11.3 Å². The van der Waals surface area contributed by atoms with Gasteiger partial charge in [-0.2, -0.15) is 11.8 Å². The summed E-state index contributed by atoms with van der Waals surface area (Å²) in [6.45, 7) is 8.34. The van der Waals surface area contributed by atoms with Crippen LogP contribution in [0.15, 0.2) is 0 Å². The van der Waals surface area contributed by atoms with E-state index in [1.165, 1.54) is 32.2 Å². The van der Waals surface area contributed by atoms with Crippen molar-refractivity contribution in [2.24, 2.45) is 11.8 Å². The molecule has 0 aromatic heterocycles. The highest BCUT2D eigenvalue weighted by Crippen LogP contribution is 2.29. The van der Waals surface area contributed by atoms with E-state index in [0.29, 0.717) is 0 Å². The average Bonchev–Trinajstić information content (AvgIpc) is 2.24. The van der Waals surface area contributed by atoms with Crippen LogP contribution in [0.1, 0.15) is 46.5 Å². The van der Waals surface area contributed by atoms with E-state index in [-0.39, 0.29) is 0 Å². The van der Waals surface area contributed by atoms with E-state index in [4.69, 9.17) is 0 Å². The first-order valence-corrected chi connectivity index (χ1v) is 7.70. The van der Waals surface area contributed by atoms with Crippen LogP contribution in [0.25, 0.3) is 0 Å². The molecule has 4 atom stereocenters. The molecular formula is C13H27NS. The lowest BCUT2D eigenvalue weighted by Gasteiger charge is -2.35. The molecule has 1 N–H and O–H groups in total. The van der Waals surface area contributed by atoms with Crippen molar-refractivity contribution in [2.45, 2.75) is 57.7 Å². The Morgan fingerprint density at radius 2 is 2.07 bits per heavy atom. The Morgan fingerprint density at radius 1 is 1.33 bits per heavy atom. The standard InChI is InChI=1S/C13H27NS/c1-10-6-5-7-13(12(10)3)14-9-8-11(2)15-4/h10-14H,5-9H2,1-4H3. The van der Waals surface area contributed by atoms with Gasteiger partial charge in [-0.05, 0) is 37.5 Å². The Balaban J connectivity index is 2.19. The van der Waals surface area contributed by atoms with Gasteiger partial charge >= 0.3 is 0 Å². The number of hydrogen-bond donors (Lipinski definition) is 1. The Labute approximate surface area is 99.8 Å². The minimum atomic E-state index is 0.780. The van der Waals surface area contributed by atoms with Gasteiger partial charge in [0.15, 0.2) is 0 Å². The van der Waals surface area contributed by atoms with E-state index < -0.39 is 0 Å². The third-order valence-electron chi connectivity index (χ3n) is 4.07. The first-order chi connectivity index (χ1) is 7.15. The van der Waals surface area contributed by atoms with E-state index in [2.05, 4.69) is 32.3 Å². The summed E-state index contributed by atoms with van der Waals surface area (Å²) < 4.78 is 0. The van der Waals surface area contributed by atoms with E-state index >= 15 is 0 Å². The second-order valence-corrected chi connectivity index (χ2v) is 6.44. The molecule has 2 heteroatoms. The maximum absolute atomic E-state index is 3.75. The second-order valence-electron chi connectivity index (χ2n) is 5.16. The minimum Gasteiger partial charge on any atom is -0.314 e. The maximum atomic E-state index is 3.75. The SMILES string of the molecule is CSC(C)CCNC1CCCC(C)C1C. The second kappa shape index (κ2) is 6.80. The molecular weight excluding hydrogens is 202 g/mol. The quantitative estimate of drug-likeness (QED) is 0.774. The normalized spacial score (nSPS) is 34.0. The number of hydrogen-bond acceptors (Lipinski definition) is 2. The Hall–Kier alpha value is 0.310. The zero-order valence-electron chi connectivity index (χ0n) is 10.8. The highest BCUT2D eigenvalue weighted by molar-refractivity contribution is 7.99. The van der Waals surface area contributed by atoms with Crippen LogP contribution in [-0.2, 0) is 0 Å². The van der Waals surface area contributed by atoms with Gasteiger partial charge in [-0.1, -0.05) is 33.6 Å². The van der Waals surface area contributed by atoms with Gasteiger partial charge < -0.3 is 5.32 Å². The highest BCUT2D eigenvalue weighted by atomic mass is 32.2. The summed E-state index contributed by atoms with van der Waals surface area (Å²) in [7, 11) is 0. The highest BCUT2D eigenvalue weighted by Gasteiger charge is 2.26. The number of thioether (sulfide) groups is 1. The fourth-order valence-corrected chi connectivity index (χ4v) is 2.81. The lowest BCUT2D eigenvalue weighted by atomic mass is 9.78. The van der Waals surface area contributed by atoms with Gasteiger partial charge in [-0.25, -0.2) is 0 Å². The van der Waals surface area contributed by atoms with Crippen molar-refractivity contribution in [2.75, 3.05) is 12.8 Å². The summed E-state index contributed by atoms with van der Waals surface area (Å²) in [6.07, 6.45) is 7.75. The molecule has 1 aliphatic rings. The predicted molar refractivity (Wildman–Crippen MR) is 71.6 cm³/mol. The number of rotatable bonds is 5. The van der Waals surface area contributed by atoms with Crippen molar-refractivity contribution >= 4 is 11.8 Å². The maximum Gasteiger partial charge on any atom is 0.00952 e. The van der Waals surface area contributed by atoms with Crippen LogP contribution < -0.4 is 5.32 Å². The molecule has 0 saturated heterocycles. The molecule has 0 heterocycles. The molecule has 15 heavy (non-hydrogen) atoms. The molecule has 0 aliphatic heterocycles.